The van der Waals surface area contributed by atoms with Crippen LogP contribution in [0.15, 0.2) is 18.2 Å². The summed E-state index contributed by atoms with van der Waals surface area (Å²) in [4.78, 5) is 0. The fourth-order valence-electron chi connectivity index (χ4n) is 2.05. The molecule has 0 aromatic heterocycles. The van der Waals surface area contributed by atoms with Gasteiger partial charge in [0.05, 0.1) is 17.7 Å². The number of nitriles is 1. The molecule has 1 aromatic rings. The number of benzene rings is 1. The normalized spacial score (nSPS) is 24.1. The topological polar surface area (TPSA) is 59.0 Å². The average Bonchev–Trinajstić information content (AvgIpc) is 2.34. The summed E-state index contributed by atoms with van der Waals surface area (Å²) in [6.07, 6.45) is 3.60. The first kappa shape index (κ1) is 11.9. The summed E-state index contributed by atoms with van der Waals surface area (Å²) in [5, 5.41) is 8.63. The number of rotatable bonds is 2. The van der Waals surface area contributed by atoms with Crippen molar-refractivity contribution in [1.29, 1.82) is 5.26 Å². The maximum absolute atomic E-state index is 13.6. The molecule has 3 nitrogen and oxygen atoms in total. The Labute approximate surface area is 100.0 Å². The smallest absolute Gasteiger partial charge is 0.166 e. The molecule has 1 aliphatic carbocycles. The standard InChI is InChI=1S/C13H15FN2O/c14-12-7-9(8-15)1-6-13(12)17-11-4-2-10(16)3-5-11/h1,6-7,10-11H,2-5,16H2. The van der Waals surface area contributed by atoms with E-state index in [1.165, 1.54) is 12.1 Å². The number of nitrogens with zero attached hydrogens (tertiary/aromatic N) is 1. The average molecular weight is 234 g/mol. The molecule has 0 atom stereocenters. The van der Waals surface area contributed by atoms with Crippen LogP contribution in [-0.2, 0) is 0 Å². The van der Waals surface area contributed by atoms with Crippen molar-refractivity contribution in [3.8, 4) is 11.8 Å². The first-order valence-corrected chi connectivity index (χ1v) is 5.81. The van der Waals surface area contributed by atoms with Crippen LogP contribution in [0.3, 0.4) is 0 Å². The van der Waals surface area contributed by atoms with Gasteiger partial charge in [0.15, 0.2) is 11.6 Å². The highest BCUT2D eigenvalue weighted by Crippen LogP contribution is 2.25. The quantitative estimate of drug-likeness (QED) is 0.854. The highest BCUT2D eigenvalue weighted by molar-refractivity contribution is 5.36. The van der Waals surface area contributed by atoms with Crippen LogP contribution in [-0.4, -0.2) is 12.1 Å². The minimum Gasteiger partial charge on any atom is -0.487 e. The van der Waals surface area contributed by atoms with Crippen LogP contribution in [0.5, 0.6) is 5.75 Å². The van der Waals surface area contributed by atoms with Crippen molar-refractivity contribution >= 4 is 0 Å². The van der Waals surface area contributed by atoms with Crippen LogP contribution in [0.1, 0.15) is 31.2 Å². The molecule has 0 saturated heterocycles. The molecule has 90 valence electrons. The van der Waals surface area contributed by atoms with Gasteiger partial charge in [0.1, 0.15) is 0 Å². The van der Waals surface area contributed by atoms with E-state index in [0.717, 1.165) is 25.7 Å². The molecule has 2 rings (SSSR count). The van der Waals surface area contributed by atoms with Gasteiger partial charge in [-0.2, -0.15) is 5.26 Å². The molecule has 17 heavy (non-hydrogen) atoms. The maximum Gasteiger partial charge on any atom is 0.166 e. The number of ether oxygens (including phenoxy) is 1. The second kappa shape index (κ2) is 5.15. The third kappa shape index (κ3) is 2.95. The van der Waals surface area contributed by atoms with Crippen molar-refractivity contribution in [2.75, 3.05) is 0 Å². The third-order valence-electron chi connectivity index (χ3n) is 3.07. The Balaban J connectivity index is 2.02. The summed E-state index contributed by atoms with van der Waals surface area (Å²) in [5.74, 6) is -0.247. The summed E-state index contributed by atoms with van der Waals surface area (Å²) in [5.41, 5.74) is 6.10. The lowest BCUT2D eigenvalue weighted by atomic mass is 9.94. The van der Waals surface area contributed by atoms with Crippen molar-refractivity contribution < 1.29 is 9.13 Å². The van der Waals surface area contributed by atoms with Gasteiger partial charge in [-0.1, -0.05) is 0 Å². The zero-order chi connectivity index (χ0) is 12.3. The lowest BCUT2D eigenvalue weighted by Gasteiger charge is -2.26. The van der Waals surface area contributed by atoms with E-state index in [0.29, 0.717) is 5.56 Å². The van der Waals surface area contributed by atoms with Gasteiger partial charge in [0.25, 0.3) is 0 Å². The number of halogens is 1. The molecule has 0 aliphatic heterocycles. The molecule has 0 bridgehead atoms. The number of nitrogens with two attached hydrogens (primary N) is 1. The molecule has 0 radical (unpaired) electrons. The lowest BCUT2D eigenvalue weighted by Crippen LogP contribution is -2.31. The first-order valence-electron chi connectivity index (χ1n) is 5.81. The van der Waals surface area contributed by atoms with E-state index in [9.17, 15) is 4.39 Å². The van der Waals surface area contributed by atoms with E-state index < -0.39 is 5.82 Å². The van der Waals surface area contributed by atoms with Gasteiger partial charge < -0.3 is 10.5 Å². The van der Waals surface area contributed by atoms with Gasteiger partial charge in [-0.3, -0.25) is 0 Å². The largest absolute Gasteiger partial charge is 0.487 e. The van der Waals surface area contributed by atoms with Crippen LogP contribution in [0.25, 0.3) is 0 Å². The summed E-state index contributed by atoms with van der Waals surface area (Å²) < 4.78 is 19.2. The minimum absolute atomic E-state index is 0.0391. The van der Waals surface area contributed by atoms with Crippen molar-refractivity contribution in [3.05, 3.63) is 29.6 Å². The summed E-state index contributed by atoms with van der Waals surface area (Å²) >= 11 is 0. The van der Waals surface area contributed by atoms with E-state index in [4.69, 9.17) is 15.7 Å². The van der Waals surface area contributed by atoms with Gasteiger partial charge in [-0.05, 0) is 43.9 Å². The fraction of sp³-hybridized carbons (Fsp3) is 0.462. The van der Waals surface area contributed by atoms with Crippen LogP contribution in [0, 0.1) is 17.1 Å². The Kier molecular flexibility index (Phi) is 3.60. The summed E-state index contributed by atoms with van der Waals surface area (Å²) in [7, 11) is 0. The molecule has 2 N–H and O–H groups in total. The molecule has 4 heteroatoms. The lowest BCUT2D eigenvalue weighted by molar-refractivity contribution is 0.141. The van der Waals surface area contributed by atoms with E-state index in [1.54, 1.807) is 6.07 Å². The zero-order valence-corrected chi connectivity index (χ0v) is 9.53. The number of hydrogen-bond donors (Lipinski definition) is 1. The second-order valence-electron chi connectivity index (χ2n) is 4.41. The van der Waals surface area contributed by atoms with Gasteiger partial charge >= 0.3 is 0 Å². The Morgan fingerprint density at radius 1 is 1.29 bits per heavy atom. The van der Waals surface area contributed by atoms with E-state index in [2.05, 4.69) is 0 Å². The maximum atomic E-state index is 13.6. The number of hydrogen-bond acceptors (Lipinski definition) is 3. The van der Waals surface area contributed by atoms with Crippen LogP contribution in [0.4, 0.5) is 4.39 Å². The molecule has 1 aliphatic rings. The van der Waals surface area contributed by atoms with Gasteiger partial charge in [0.2, 0.25) is 0 Å². The van der Waals surface area contributed by atoms with E-state index in [1.807, 2.05) is 6.07 Å². The third-order valence-corrected chi connectivity index (χ3v) is 3.07. The van der Waals surface area contributed by atoms with Crippen molar-refractivity contribution in [3.63, 3.8) is 0 Å². The first-order chi connectivity index (χ1) is 8.19. The monoisotopic (exact) mass is 234 g/mol. The Morgan fingerprint density at radius 2 is 2.00 bits per heavy atom. The predicted octanol–water partition coefficient (Wildman–Crippen LogP) is 2.35. The minimum atomic E-state index is -0.473. The molecular weight excluding hydrogens is 219 g/mol. The molecule has 1 fully saturated rings. The zero-order valence-electron chi connectivity index (χ0n) is 9.53. The molecule has 1 saturated carbocycles. The van der Waals surface area contributed by atoms with Gasteiger partial charge in [-0.25, -0.2) is 4.39 Å². The van der Waals surface area contributed by atoms with Crippen LogP contribution < -0.4 is 10.5 Å². The molecule has 0 spiro atoms. The molecule has 0 heterocycles. The van der Waals surface area contributed by atoms with Crippen LogP contribution >= 0.6 is 0 Å². The summed E-state index contributed by atoms with van der Waals surface area (Å²) in [6, 6.07) is 6.42. The molecule has 0 unspecified atom stereocenters. The van der Waals surface area contributed by atoms with E-state index in [-0.39, 0.29) is 17.9 Å². The highest BCUT2D eigenvalue weighted by Gasteiger charge is 2.20. The van der Waals surface area contributed by atoms with Crippen molar-refractivity contribution in [2.24, 2.45) is 5.73 Å². The second-order valence-corrected chi connectivity index (χ2v) is 4.41. The summed E-state index contributed by atoms with van der Waals surface area (Å²) in [6.45, 7) is 0. The van der Waals surface area contributed by atoms with Gasteiger partial charge in [0, 0.05) is 6.04 Å². The predicted molar refractivity (Wildman–Crippen MR) is 62.0 cm³/mol. The SMILES string of the molecule is N#Cc1ccc(OC2CCC(N)CC2)c(F)c1. The molecular formula is C13H15FN2O. The van der Waals surface area contributed by atoms with Crippen molar-refractivity contribution in [1.82, 2.24) is 0 Å². The van der Waals surface area contributed by atoms with Crippen LogP contribution in [0.2, 0.25) is 0 Å². The fourth-order valence-corrected chi connectivity index (χ4v) is 2.05. The van der Waals surface area contributed by atoms with Crippen molar-refractivity contribution in [2.45, 2.75) is 37.8 Å². The Morgan fingerprint density at radius 3 is 2.59 bits per heavy atom. The van der Waals surface area contributed by atoms with E-state index >= 15 is 0 Å². The Bertz CT molecular complexity index is 434. The highest BCUT2D eigenvalue weighted by atomic mass is 19.1. The molecule has 1 aromatic carbocycles. The molecule has 0 amide bonds. The Hall–Kier alpha value is -1.60. The van der Waals surface area contributed by atoms with Gasteiger partial charge in [-0.15, -0.1) is 0 Å².